The minimum atomic E-state index is -4.47. The number of rotatable bonds is 6. The van der Waals surface area contributed by atoms with Crippen LogP contribution in [-0.2, 0) is 7.05 Å². The molecule has 0 aliphatic heterocycles. The van der Waals surface area contributed by atoms with Crippen LogP contribution in [0.15, 0.2) is 60.8 Å². The Balaban J connectivity index is 1.46. The Morgan fingerprint density at radius 2 is 1.71 bits per heavy atom. The Kier molecular flexibility index (Phi) is 6.61. The molecule has 1 amide bonds. The Labute approximate surface area is 203 Å². The summed E-state index contributed by atoms with van der Waals surface area (Å²) in [6.45, 7) is -1.39. The van der Waals surface area contributed by atoms with Crippen LogP contribution in [-0.4, -0.2) is 38.4 Å². The van der Waals surface area contributed by atoms with E-state index in [1.54, 1.807) is 36.1 Å². The van der Waals surface area contributed by atoms with Crippen LogP contribution in [0.4, 0.5) is 30.6 Å². The predicted molar refractivity (Wildman–Crippen MR) is 127 cm³/mol. The SMILES string of the molecule is Cn1nc(-c2ccc(C(=O)NCC(F)(F)F)cc2)nc1Nc1ccc(-c2ccnc(N)c2Cl)cc1. The molecule has 2 aromatic heterocycles. The van der Waals surface area contributed by atoms with E-state index in [-0.39, 0.29) is 11.4 Å². The summed E-state index contributed by atoms with van der Waals surface area (Å²) in [5.41, 5.74) is 8.86. The first-order chi connectivity index (χ1) is 16.6. The number of carbonyl (C=O) groups excluding carboxylic acids is 1. The third kappa shape index (κ3) is 5.69. The fraction of sp³-hybridized carbons (Fsp3) is 0.130. The van der Waals surface area contributed by atoms with Crippen LogP contribution in [0.1, 0.15) is 10.4 Å². The lowest BCUT2D eigenvalue weighted by atomic mass is 10.1. The molecule has 2 heterocycles. The molecule has 0 aliphatic rings. The fourth-order valence-corrected chi connectivity index (χ4v) is 3.43. The van der Waals surface area contributed by atoms with Gasteiger partial charge in [0.05, 0.1) is 5.02 Å². The smallest absolute Gasteiger partial charge is 0.382 e. The highest BCUT2D eigenvalue weighted by Crippen LogP contribution is 2.31. The highest BCUT2D eigenvalue weighted by Gasteiger charge is 2.27. The van der Waals surface area contributed by atoms with Crippen LogP contribution in [0.3, 0.4) is 0 Å². The van der Waals surface area contributed by atoms with Crippen molar-refractivity contribution in [2.45, 2.75) is 6.18 Å². The topological polar surface area (TPSA) is 111 Å². The van der Waals surface area contributed by atoms with Gasteiger partial charge in [0, 0.05) is 35.6 Å². The molecule has 2 aromatic carbocycles. The Morgan fingerprint density at radius 1 is 1.06 bits per heavy atom. The maximum Gasteiger partial charge on any atom is 0.405 e. The molecule has 0 atom stereocenters. The van der Waals surface area contributed by atoms with Crippen LogP contribution >= 0.6 is 11.6 Å². The molecular formula is C23H19ClF3N7O. The summed E-state index contributed by atoms with van der Waals surface area (Å²) in [5, 5.41) is 9.76. The standard InChI is InChI=1S/C23H19ClF3N7O/c1-34-22(31-16-8-6-13(7-9-16)17-10-11-29-19(28)18(17)24)32-20(33-34)14-2-4-15(5-3-14)21(35)30-12-23(25,26)27/h2-11H,12H2,1H3,(H2,28,29)(H,30,35)(H,31,32,33). The highest BCUT2D eigenvalue weighted by molar-refractivity contribution is 6.35. The molecule has 8 nitrogen and oxygen atoms in total. The molecule has 35 heavy (non-hydrogen) atoms. The number of pyridine rings is 1. The van der Waals surface area contributed by atoms with Crippen molar-refractivity contribution >= 4 is 35.0 Å². The molecule has 4 N–H and O–H groups in total. The molecular weight excluding hydrogens is 483 g/mol. The van der Waals surface area contributed by atoms with Crippen LogP contribution in [0.25, 0.3) is 22.5 Å². The van der Waals surface area contributed by atoms with Gasteiger partial charge in [0.2, 0.25) is 5.95 Å². The van der Waals surface area contributed by atoms with Crippen molar-refractivity contribution in [3.05, 3.63) is 71.4 Å². The normalized spacial score (nSPS) is 11.3. The molecule has 12 heteroatoms. The lowest BCUT2D eigenvalue weighted by molar-refractivity contribution is -0.123. The Hall–Kier alpha value is -4.12. The van der Waals surface area contributed by atoms with Crippen molar-refractivity contribution in [2.24, 2.45) is 7.05 Å². The van der Waals surface area contributed by atoms with Gasteiger partial charge in [0.15, 0.2) is 5.82 Å². The quantitative estimate of drug-likeness (QED) is 0.349. The second-order valence-electron chi connectivity index (χ2n) is 7.52. The van der Waals surface area contributed by atoms with Gasteiger partial charge < -0.3 is 16.4 Å². The van der Waals surface area contributed by atoms with E-state index in [1.165, 1.54) is 12.1 Å². The summed E-state index contributed by atoms with van der Waals surface area (Å²) in [6.07, 6.45) is -2.89. The molecule has 0 fully saturated rings. The molecule has 0 saturated heterocycles. The number of anilines is 3. The first-order valence-electron chi connectivity index (χ1n) is 10.2. The Bertz CT molecular complexity index is 1350. The number of nitrogen functional groups attached to an aromatic ring is 1. The summed E-state index contributed by atoms with van der Waals surface area (Å²) >= 11 is 6.25. The lowest BCUT2D eigenvalue weighted by Crippen LogP contribution is -2.33. The minimum absolute atomic E-state index is 0.100. The van der Waals surface area contributed by atoms with Crippen molar-refractivity contribution in [3.8, 4) is 22.5 Å². The molecule has 0 aliphatic carbocycles. The summed E-state index contributed by atoms with van der Waals surface area (Å²) in [7, 11) is 1.71. The van der Waals surface area contributed by atoms with E-state index in [2.05, 4.69) is 20.4 Å². The number of halogens is 4. The maximum atomic E-state index is 12.3. The fourth-order valence-electron chi connectivity index (χ4n) is 3.21. The molecule has 0 bridgehead atoms. The van der Waals surface area contributed by atoms with Crippen LogP contribution in [0.2, 0.25) is 5.02 Å². The largest absolute Gasteiger partial charge is 0.405 e. The Morgan fingerprint density at radius 3 is 2.37 bits per heavy atom. The monoisotopic (exact) mass is 501 g/mol. The van der Waals surface area contributed by atoms with E-state index in [9.17, 15) is 18.0 Å². The van der Waals surface area contributed by atoms with E-state index in [0.717, 1.165) is 16.8 Å². The van der Waals surface area contributed by atoms with Crippen LogP contribution < -0.4 is 16.4 Å². The van der Waals surface area contributed by atoms with E-state index >= 15 is 0 Å². The van der Waals surface area contributed by atoms with Gasteiger partial charge >= 0.3 is 6.18 Å². The van der Waals surface area contributed by atoms with E-state index in [1.807, 2.05) is 29.6 Å². The third-order valence-electron chi connectivity index (χ3n) is 4.99. The van der Waals surface area contributed by atoms with Crippen molar-refractivity contribution in [2.75, 3.05) is 17.6 Å². The van der Waals surface area contributed by atoms with Gasteiger partial charge in [-0.1, -0.05) is 35.9 Å². The van der Waals surface area contributed by atoms with Crippen molar-refractivity contribution in [3.63, 3.8) is 0 Å². The second-order valence-corrected chi connectivity index (χ2v) is 7.90. The number of aryl methyl sites for hydroxylation is 1. The molecule has 4 aromatic rings. The van der Waals surface area contributed by atoms with E-state index in [4.69, 9.17) is 17.3 Å². The van der Waals surface area contributed by atoms with Gasteiger partial charge in [-0.05, 0) is 35.9 Å². The molecule has 0 radical (unpaired) electrons. The maximum absolute atomic E-state index is 12.3. The average Bonchev–Trinajstić information content (AvgIpc) is 3.19. The zero-order valence-corrected chi connectivity index (χ0v) is 19.0. The van der Waals surface area contributed by atoms with Gasteiger partial charge in [-0.3, -0.25) is 4.79 Å². The first kappa shape index (κ1) is 24.0. The average molecular weight is 502 g/mol. The van der Waals surface area contributed by atoms with Crippen molar-refractivity contribution in [1.82, 2.24) is 25.1 Å². The number of aromatic nitrogens is 4. The summed E-state index contributed by atoms with van der Waals surface area (Å²) in [6, 6.07) is 15.2. The number of benzene rings is 2. The van der Waals surface area contributed by atoms with Crippen LogP contribution in [0.5, 0.6) is 0 Å². The zero-order valence-electron chi connectivity index (χ0n) is 18.3. The number of carbonyl (C=O) groups is 1. The zero-order chi connectivity index (χ0) is 25.2. The molecule has 4 rings (SSSR count). The third-order valence-corrected chi connectivity index (χ3v) is 5.38. The number of nitrogens with two attached hydrogens (primary N) is 1. The predicted octanol–water partition coefficient (Wildman–Crippen LogP) is 4.82. The first-order valence-corrected chi connectivity index (χ1v) is 10.6. The molecule has 0 spiro atoms. The molecule has 180 valence electrons. The number of hydrogen-bond donors (Lipinski definition) is 3. The lowest BCUT2D eigenvalue weighted by Gasteiger charge is -2.08. The summed E-state index contributed by atoms with van der Waals surface area (Å²) in [5.74, 6) is 0.288. The van der Waals surface area contributed by atoms with E-state index < -0.39 is 18.6 Å². The van der Waals surface area contributed by atoms with Crippen LogP contribution in [0, 0.1) is 0 Å². The highest BCUT2D eigenvalue weighted by atomic mass is 35.5. The van der Waals surface area contributed by atoms with Gasteiger partial charge in [-0.25, -0.2) is 9.67 Å². The summed E-state index contributed by atoms with van der Waals surface area (Å²) in [4.78, 5) is 20.3. The number of nitrogens with zero attached hydrogens (tertiary/aromatic N) is 4. The van der Waals surface area contributed by atoms with Gasteiger partial charge in [-0.15, -0.1) is 5.10 Å². The number of alkyl halides is 3. The van der Waals surface area contributed by atoms with Gasteiger partial charge in [0.1, 0.15) is 12.4 Å². The van der Waals surface area contributed by atoms with Crippen molar-refractivity contribution < 1.29 is 18.0 Å². The number of amides is 1. The second kappa shape index (κ2) is 9.63. The summed E-state index contributed by atoms with van der Waals surface area (Å²) < 4.78 is 38.4. The van der Waals surface area contributed by atoms with Crippen molar-refractivity contribution in [1.29, 1.82) is 0 Å². The molecule has 0 saturated carbocycles. The van der Waals surface area contributed by atoms with Gasteiger partial charge in [0.25, 0.3) is 5.91 Å². The van der Waals surface area contributed by atoms with Gasteiger partial charge in [-0.2, -0.15) is 18.2 Å². The number of nitrogens with one attached hydrogen (secondary N) is 2. The number of hydrogen-bond acceptors (Lipinski definition) is 6. The van der Waals surface area contributed by atoms with E-state index in [0.29, 0.717) is 22.4 Å². The molecule has 0 unspecified atom stereocenters. The minimum Gasteiger partial charge on any atom is -0.382 e.